The van der Waals surface area contributed by atoms with Crippen LogP contribution in [-0.2, 0) is 16.0 Å². The van der Waals surface area contributed by atoms with Gasteiger partial charge in [0.2, 0.25) is 6.10 Å². The highest BCUT2D eigenvalue weighted by atomic mass is 19.4. The molecule has 3 rings (SSSR count). The molecule has 27 heavy (non-hydrogen) atoms. The summed E-state index contributed by atoms with van der Waals surface area (Å²) < 4.78 is 50.2. The smallest absolute Gasteiger partial charge is 0.430 e. The first kappa shape index (κ1) is 19.8. The number of alkyl halides is 3. The average Bonchev–Trinajstić information content (AvgIpc) is 2.65. The lowest BCUT2D eigenvalue weighted by atomic mass is 9.85. The first-order valence-electron chi connectivity index (χ1n) is 9.63. The summed E-state index contributed by atoms with van der Waals surface area (Å²) in [7, 11) is 0. The minimum Gasteiger partial charge on any atom is -0.475 e. The van der Waals surface area contributed by atoms with Gasteiger partial charge >= 0.3 is 12.1 Å². The normalized spacial score (nSPS) is 20.4. The maximum Gasteiger partial charge on any atom is 0.430 e. The van der Waals surface area contributed by atoms with Crippen molar-refractivity contribution in [3.63, 3.8) is 0 Å². The number of carbonyl (C=O) groups excluding carboxylic acids is 1. The van der Waals surface area contributed by atoms with Crippen LogP contribution in [0.2, 0.25) is 0 Å². The quantitative estimate of drug-likeness (QED) is 0.634. The standard InChI is InChI=1S/C21H25F3O3/c1-2-26-20(25)17-13-16-11-10-15(9-8-14-6-4-3-5-7-14)12-18(16)27-19(17)21(22,23)24/h10-14,19H,2-9H2,1H3. The van der Waals surface area contributed by atoms with Crippen LogP contribution in [0, 0.1) is 5.92 Å². The Kier molecular flexibility index (Phi) is 6.12. The summed E-state index contributed by atoms with van der Waals surface area (Å²) in [4.78, 5) is 11.9. The van der Waals surface area contributed by atoms with Crippen molar-refractivity contribution in [1.82, 2.24) is 0 Å². The Labute approximate surface area is 157 Å². The van der Waals surface area contributed by atoms with Crippen LogP contribution in [0.5, 0.6) is 5.75 Å². The molecule has 6 heteroatoms. The van der Waals surface area contributed by atoms with Gasteiger partial charge in [0.05, 0.1) is 12.2 Å². The Morgan fingerprint density at radius 3 is 2.63 bits per heavy atom. The van der Waals surface area contributed by atoms with Gasteiger partial charge in [0.15, 0.2) is 0 Å². The first-order valence-corrected chi connectivity index (χ1v) is 9.63. The topological polar surface area (TPSA) is 35.5 Å². The van der Waals surface area contributed by atoms with E-state index in [1.54, 1.807) is 19.1 Å². The Bertz CT molecular complexity index is 703. The van der Waals surface area contributed by atoms with Crippen LogP contribution in [0.4, 0.5) is 13.2 Å². The number of benzene rings is 1. The van der Waals surface area contributed by atoms with Crippen molar-refractivity contribution in [2.45, 2.75) is 64.1 Å². The van der Waals surface area contributed by atoms with E-state index in [1.165, 1.54) is 38.2 Å². The third-order valence-corrected chi connectivity index (χ3v) is 5.29. The number of carbonyl (C=O) groups is 1. The molecule has 0 amide bonds. The van der Waals surface area contributed by atoms with Gasteiger partial charge in [-0.15, -0.1) is 0 Å². The van der Waals surface area contributed by atoms with Crippen LogP contribution in [0.1, 0.15) is 56.6 Å². The lowest BCUT2D eigenvalue weighted by Gasteiger charge is -2.28. The third kappa shape index (κ3) is 4.85. The predicted octanol–water partition coefficient (Wildman–Crippen LogP) is 5.47. The Morgan fingerprint density at radius 1 is 1.22 bits per heavy atom. The number of hydrogen-bond acceptors (Lipinski definition) is 3. The molecule has 0 spiro atoms. The molecule has 1 atom stereocenters. The number of rotatable bonds is 5. The zero-order valence-electron chi connectivity index (χ0n) is 15.5. The number of aryl methyl sites for hydroxylation is 1. The minimum absolute atomic E-state index is 0.00765. The predicted molar refractivity (Wildman–Crippen MR) is 96.4 cm³/mol. The number of esters is 1. The maximum atomic E-state index is 13.4. The van der Waals surface area contributed by atoms with Crippen LogP contribution in [0.3, 0.4) is 0 Å². The van der Waals surface area contributed by atoms with Crippen LogP contribution in [0.15, 0.2) is 23.8 Å². The molecule has 1 heterocycles. The van der Waals surface area contributed by atoms with E-state index in [4.69, 9.17) is 9.47 Å². The second kappa shape index (κ2) is 8.36. The summed E-state index contributed by atoms with van der Waals surface area (Å²) in [5.41, 5.74) is 0.931. The van der Waals surface area contributed by atoms with Crippen LogP contribution >= 0.6 is 0 Å². The number of halogens is 3. The summed E-state index contributed by atoms with van der Waals surface area (Å²) in [6.45, 7) is 1.56. The van der Waals surface area contributed by atoms with Gasteiger partial charge in [-0.25, -0.2) is 4.79 Å². The van der Waals surface area contributed by atoms with E-state index < -0.39 is 23.8 Å². The summed E-state index contributed by atoms with van der Waals surface area (Å²) in [5.74, 6) is -0.118. The highest BCUT2D eigenvalue weighted by molar-refractivity contribution is 5.96. The van der Waals surface area contributed by atoms with E-state index in [2.05, 4.69) is 0 Å². The van der Waals surface area contributed by atoms with Crippen molar-refractivity contribution >= 4 is 12.0 Å². The van der Waals surface area contributed by atoms with E-state index in [0.717, 1.165) is 18.4 Å². The molecule has 0 radical (unpaired) electrons. The second-order valence-electron chi connectivity index (χ2n) is 7.27. The monoisotopic (exact) mass is 382 g/mol. The largest absolute Gasteiger partial charge is 0.475 e. The van der Waals surface area contributed by atoms with Gasteiger partial charge in [-0.05, 0) is 43.4 Å². The van der Waals surface area contributed by atoms with Crippen molar-refractivity contribution in [3.8, 4) is 5.75 Å². The van der Waals surface area contributed by atoms with Crippen molar-refractivity contribution < 1.29 is 27.4 Å². The Hall–Kier alpha value is -1.98. The highest BCUT2D eigenvalue weighted by Gasteiger charge is 2.48. The lowest BCUT2D eigenvalue weighted by Crippen LogP contribution is -2.40. The van der Waals surface area contributed by atoms with Crippen molar-refractivity contribution in [2.24, 2.45) is 5.92 Å². The van der Waals surface area contributed by atoms with Gasteiger partial charge in [0.1, 0.15) is 5.75 Å². The van der Waals surface area contributed by atoms with Gasteiger partial charge < -0.3 is 9.47 Å². The first-order chi connectivity index (χ1) is 12.9. The minimum atomic E-state index is -4.69. The number of hydrogen-bond donors (Lipinski definition) is 0. The fourth-order valence-corrected chi connectivity index (χ4v) is 3.86. The molecular formula is C21H25F3O3. The highest BCUT2D eigenvalue weighted by Crippen LogP contribution is 2.38. The van der Waals surface area contributed by atoms with E-state index in [1.807, 2.05) is 6.07 Å². The van der Waals surface area contributed by atoms with Crippen molar-refractivity contribution in [3.05, 3.63) is 34.9 Å². The second-order valence-corrected chi connectivity index (χ2v) is 7.27. The summed E-state index contributed by atoms with van der Waals surface area (Å²) in [6.07, 6.45) is 2.45. The third-order valence-electron chi connectivity index (χ3n) is 5.29. The van der Waals surface area contributed by atoms with Crippen LogP contribution < -0.4 is 4.74 Å². The van der Waals surface area contributed by atoms with Crippen molar-refractivity contribution in [1.29, 1.82) is 0 Å². The molecule has 1 unspecified atom stereocenters. The van der Waals surface area contributed by atoms with E-state index in [-0.39, 0.29) is 12.4 Å². The van der Waals surface area contributed by atoms with E-state index in [9.17, 15) is 18.0 Å². The van der Waals surface area contributed by atoms with Crippen LogP contribution in [0.25, 0.3) is 6.08 Å². The molecule has 0 aromatic heterocycles. The van der Waals surface area contributed by atoms with Gasteiger partial charge in [-0.1, -0.05) is 44.2 Å². The molecule has 2 aliphatic rings. The van der Waals surface area contributed by atoms with Gasteiger partial charge in [0, 0.05) is 5.56 Å². The molecule has 0 bridgehead atoms. The summed E-state index contributed by atoms with van der Waals surface area (Å²) in [5, 5.41) is 0. The van der Waals surface area contributed by atoms with Gasteiger partial charge in [-0.3, -0.25) is 0 Å². The average molecular weight is 382 g/mol. The SMILES string of the molecule is CCOC(=O)C1=Cc2ccc(CCC3CCCCC3)cc2OC1C(F)(F)F. The molecule has 1 fully saturated rings. The molecule has 1 saturated carbocycles. The molecule has 1 aliphatic carbocycles. The molecule has 1 aromatic rings. The molecule has 1 aliphatic heterocycles. The zero-order chi connectivity index (χ0) is 19.4. The van der Waals surface area contributed by atoms with Gasteiger partial charge in [-0.2, -0.15) is 13.2 Å². The molecule has 1 aromatic carbocycles. The number of fused-ring (bicyclic) bond motifs is 1. The Morgan fingerprint density at radius 2 is 1.96 bits per heavy atom. The van der Waals surface area contributed by atoms with E-state index >= 15 is 0 Å². The van der Waals surface area contributed by atoms with Gasteiger partial charge in [0.25, 0.3) is 0 Å². The fraction of sp³-hybridized carbons (Fsp3) is 0.571. The molecule has 3 nitrogen and oxygen atoms in total. The van der Waals surface area contributed by atoms with Crippen molar-refractivity contribution in [2.75, 3.05) is 6.61 Å². The zero-order valence-corrected chi connectivity index (χ0v) is 15.5. The number of ether oxygens (including phenoxy) is 2. The molecule has 148 valence electrons. The molecule has 0 saturated heterocycles. The molecular weight excluding hydrogens is 357 g/mol. The molecule has 0 N–H and O–H groups in total. The summed E-state index contributed by atoms with van der Waals surface area (Å²) >= 11 is 0. The Balaban J connectivity index is 1.78. The summed E-state index contributed by atoms with van der Waals surface area (Å²) in [6, 6.07) is 5.30. The van der Waals surface area contributed by atoms with Crippen LogP contribution in [-0.4, -0.2) is 24.9 Å². The lowest BCUT2D eigenvalue weighted by molar-refractivity contribution is -0.187. The van der Waals surface area contributed by atoms with E-state index in [0.29, 0.717) is 11.5 Å². The fourth-order valence-electron chi connectivity index (χ4n) is 3.86. The maximum absolute atomic E-state index is 13.4.